The average molecular weight is 913 g/mol. The van der Waals surface area contributed by atoms with Crippen LogP contribution in [0.2, 0.25) is 0 Å². The first-order valence-electron chi connectivity index (χ1n) is 24.1. The molecule has 1 fully saturated rings. The lowest BCUT2D eigenvalue weighted by atomic mass is 9.85. The Labute approximate surface area is 379 Å². The molecule has 0 radical (unpaired) electrons. The van der Waals surface area contributed by atoms with Gasteiger partial charge in [0.25, 0.3) is 0 Å². The first kappa shape index (κ1) is 58.6. The van der Waals surface area contributed by atoms with Gasteiger partial charge in [-0.3, -0.25) is 18.6 Å². The lowest BCUT2D eigenvalue weighted by Crippen LogP contribution is -2.64. The summed E-state index contributed by atoms with van der Waals surface area (Å²) in [5, 5.41) is 50.2. The number of aliphatic hydroxyl groups excluding tert-OH is 5. The smallest absolute Gasteiger partial charge is 0.462 e. The van der Waals surface area contributed by atoms with Gasteiger partial charge in [-0.2, -0.15) is 0 Å². The highest BCUT2D eigenvalue weighted by Crippen LogP contribution is 2.47. The van der Waals surface area contributed by atoms with E-state index in [1.807, 2.05) is 0 Å². The molecule has 0 bridgehead atoms. The van der Waals surface area contributed by atoms with Crippen molar-refractivity contribution >= 4 is 19.8 Å². The monoisotopic (exact) mass is 913 g/mol. The number of hydrogen-bond donors (Lipinski definition) is 6. The highest BCUT2D eigenvalue weighted by atomic mass is 31.2. The molecule has 13 nitrogen and oxygen atoms in total. The molecule has 0 aromatic heterocycles. The summed E-state index contributed by atoms with van der Waals surface area (Å²) in [4.78, 5) is 35.8. The summed E-state index contributed by atoms with van der Waals surface area (Å²) in [6.07, 6.45) is 34.1. The van der Waals surface area contributed by atoms with Gasteiger partial charge in [-0.05, 0) is 77.0 Å². The highest BCUT2D eigenvalue weighted by molar-refractivity contribution is 7.47. The number of hydrogen-bond acceptors (Lipinski definition) is 12. The van der Waals surface area contributed by atoms with Crippen molar-refractivity contribution < 1.29 is 63.1 Å². The maximum atomic E-state index is 12.8. The molecule has 14 heteroatoms. The third-order valence-corrected chi connectivity index (χ3v) is 11.8. The van der Waals surface area contributed by atoms with Crippen molar-refractivity contribution in [3.8, 4) is 0 Å². The molecule has 6 unspecified atom stereocenters. The lowest BCUT2D eigenvalue weighted by molar-refractivity contribution is -0.220. The minimum Gasteiger partial charge on any atom is -0.462 e. The summed E-state index contributed by atoms with van der Waals surface area (Å²) in [5.41, 5.74) is 0. The number of unbranched alkanes of at least 4 members (excludes halogenated alkanes) is 17. The predicted molar refractivity (Wildman–Crippen MR) is 249 cm³/mol. The fourth-order valence-corrected chi connectivity index (χ4v) is 7.95. The number of rotatable bonds is 39. The molecule has 1 rings (SSSR count). The largest absolute Gasteiger partial charge is 0.472 e. The van der Waals surface area contributed by atoms with Gasteiger partial charge in [-0.25, -0.2) is 4.57 Å². The normalized spacial score (nSPS) is 22.2. The molecule has 63 heavy (non-hydrogen) atoms. The van der Waals surface area contributed by atoms with Crippen LogP contribution >= 0.6 is 7.82 Å². The molecule has 0 saturated heterocycles. The Hall–Kier alpha value is -2.45. The number of carbonyl (C=O) groups excluding carboxylic acids is 2. The Bertz CT molecular complexity index is 1330. The van der Waals surface area contributed by atoms with Gasteiger partial charge in [0.1, 0.15) is 43.2 Å². The molecule has 1 aliphatic rings. The number of ether oxygens (including phenoxy) is 2. The molecular weight excluding hydrogens is 828 g/mol. The number of aliphatic hydroxyl groups is 5. The van der Waals surface area contributed by atoms with Gasteiger partial charge in [0.15, 0.2) is 6.10 Å². The summed E-state index contributed by atoms with van der Waals surface area (Å²) < 4.78 is 33.6. The van der Waals surface area contributed by atoms with Gasteiger partial charge in [0, 0.05) is 12.8 Å². The summed E-state index contributed by atoms with van der Waals surface area (Å²) in [7, 11) is -5.13. The van der Waals surface area contributed by atoms with Crippen LogP contribution in [-0.2, 0) is 32.7 Å². The SMILES string of the molecule is CC/C=C\C/C=C\C/C=C\C/C=C\CCCCCCCCC(=O)OC(COC(=O)CCCCCCC/C=C\CCCCCCCC)COP(=O)(O)OC1C(O)C(O)C(O)C(O)C1O. The topological polar surface area (TPSA) is 210 Å². The van der Waals surface area contributed by atoms with E-state index in [9.17, 15) is 44.6 Å². The molecule has 6 atom stereocenters. The Balaban J connectivity index is 2.46. The maximum Gasteiger partial charge on any atom is 0.472 e. The first-order chi connectivity index (χ1) is 30.4. The first-order valence-corrected chi connectivity index (χ1v) is 25.6. The van der Waals surface area contributed by atoms with Gasteiger partial charge in [-0.1, -0.05) is 152 Å². The number of phosphoric ester groups is 1. The van der Waals surface area contributed by atoms with Gasteiger partial charge in [-0.15, -0.1) is 0 Å². The Kier molecular flexibility index (Phi) is 36.1. The van der Waals surface area contributed by atoms with E-state index in [0.29, 0.717) is 12.8 Å². The number of esters is 2. The summed E-state index contributed by atoms with van der Waals surface area (Å²) in [6.45, 7) is 3.16. The van der Waals surface area contributed by atoms with Crippen LogP contribution in [0.4, 0.5) is 0 Å². The molecule has 364 valence electrons. The molecule has 0 spiro atoms. The van der Waals surface area contributed by atoms with Crippen molar-refractivity contribution in [1.82, 2.24) is 0 Å². The van der Waals surface area contributed by atoms with Gasteiger partial charge < -0.3 is 39.9 Å². The van der Waals surface area contributed by atoms with Gasteiger partial charge in [0.2, 0.25) is 0 Å². The zero-order valence-electron chi connectivity index (χ0n) is 38.6. The second-order valence-electron chi connectivity index (χ2n) is 16.6. The van der Waals surface area contributed by atoms with Crippen LogP contribution in [0.1, 0.15) is 181 Å². The molecule has 1 saturated carbocycles. The number of carbonyl (C=O) groups is 2. The second-order valence-corrected chi connectivity index (χ2v) is 18.0. The minimum absolute atomic E-state index is 0.0766. The standard InChI is InChI=1S/C49H85O13P/c1-3-5-7-9-11-13-15-17-19-20-21-22-24-26-28-30-32-34-36-38-43(51)61-41(40-60-63(57,58)62-49-47(55)45(53)44(52)46(54)48(49)56)39-59-42(50)37-35-33-31-29-27-25-23-18-16-14-12-10-8-6-4-2/h5,7,11,13,17-19,21-23,41,44-49,52-56H,3-4,6,8-10,12,14-16,20,24-40H2,1-2H3,(H,57,58)/b7-5-,13-11-,19-17-,22-21-,23-18-. The predicted octanol–water partition coefficient (Wildman–Crippen LogP) is 9.73. The molecule has 6 N–H and O–H groups in total. The van der Waals surface area contributed by atoms with Crippen LogP contribution in [0.5, 0.6) is 0 Å². The Morgan fingerprint density at radius 2 is 0.905 bits per heavy atom. The van der Waals surface area contributed by atoms with E-state index in [-0.39, 0.29) is 12.8 Å². The van der Waals surface area contributed by atoms with E-state index in [4.69, 9.17) is 18.5 Å². The molecule has 0 aromatic carbocycles. The third-order valence-electron chi connectivity index (χ3n) is 10.8. The van der Waals surface area contributed by atoms with Crippen molar-refractivity contribution in [3.05, 3.63) is 60.8 Å². The third kappa shape index (κ3) is 31.2. The maximum absolute atomic E-state index is 12.8. The minimum atomic E-state index is -5.13. The average Bonchev–Trinajstić information content (AvgIpc) is 3.26. The Morgan fingerprint density at radius 1 is 0.508 bits per heavy atom. The molecule has 0 heterocycles. The van der Waals surface area contributed by atoms with Crippen molar-refractivity contribution in [2.24, 2.45) is 0 Å². The fraction of sp³-hybridized carbons (Fsp3) is 0.755. The van der Waals surface area contributed by atoms with E-state index >= 15 is 0 Å². The van der Waals surface area contributed by atoms with Gasteiger partial charge >= 0.3 is 19.8 Å². The zero-order valence-corrected chi connectivity index (χ0v) is 39.5. The number of phosphoric acid groups is 1. The van der Waals surface area contributed by atoms with E-state index in [1.54, 1.807) is 0 Å². The molecule has 0 aromatic rings. The van der Waals surface area contributed by atoms with E-state index in [2.05, 4.69) is 74.6 Å². The summed E-state index contributed by atoms with van der Waals surface area (Å²) in [6, 6.07) is 0. The highest BCUT2D eigenvalue weighted by Gasteiger charge is 2.51. The van der Waals surface area contributed by atoms with Crippen LogP contribution < -0.4 is 0 Å². The Morgan fingerprint density at radius 3 is 1.40 bits per heavy atom. The molecule has 1 aliphatic carbocycles. The van der Waals surface area contributed by atoms with Crippen LogP contribution in [0.25, 0.3) is 0 Å². The molecule has 0 aliphatic heterocycles. The van der Waals surface area contributed by atoms with Gasteiger partial charge in [0.05, 0.1) is 6.61 Å². The van der Waals surface area contributed by atoms with Crippen molar-refractivity contribution in [2.75, 3.05) is 13.2 Å². The van der Waals surface area contributed by atoms with E-state index in [0.717, 1.165) is 103 Å². The molecular formula is C49H85O13P. The summed E-state index contributed by atoms with van der Waals surface area (Å²) >= 11 is 0. The van der Waals surface area contributed by atoms with E-state index < -0.39 is 75.7 Å². The van der Waals surface area contributed by atoms with Crippen molar-refractivity contribution in [2.45, 2.75) is 224 Å². The fourth-order valence-electron chi connectivity index (χ4n) is 6.98. The zero-order chi connectivity index (χ0) is 46.4. The lowest BCUT2D eigenvalue weighted by Gasteiger charge is -2.41. The van der Waals surface area contributed by atoms with E-state index in [1.165, 1.54) is 38.5 Å². The van der Waals surface area contributed by atoms with Crippen LogP contribution in [-0.4, -0.2) is 98.3 Å². The van der Waals surface area contributed by atoms with Crippen molar-refractivity contribution in [3.63, 3.8) is 0 Å². The molecule has 0 amide bonds. The van der Waals surface area contributed by atoms with Crippen LogP contribution in [0.15, 0.2) is 60.8 Å². The second kappa shape index (κ2) is 38.8. The van der Waals surface area contributed by atoms with Crippen molar-refractivity contribution in [1.29, 1.82) is 0 Å². The quantitative estimate of drug-likeness (QED) is 0.0147. The van der Waals surface area contributed by atoms with Crippen LogP contribution in [0, 0.1) is 0 Å². The summed E-state index contributed by atoms with van der Waals surface area (Å²) in [5.74, 6) is -1.13. The number of allylic oxidation sites excluding steroid dienone is 10. The van der Waals surface area contributed by atoms with Crippen LogP contribution in [0.3, 0.4) is 0 Å².